The summed E-state index contributed by atoms with van der Waals surface area (Å²) in [6, 6.07) is 3.38. The molecular weight excluding hydrogens is 267 g/mol. The van der Waals surface area contributed by atoms with Crippen molar-refractivity contribution >= 4 is 0 Å². The van der Waals surface area contributed by atoms with Gasteiger partial charge in [-0.3, -0.25) is 0 Å². The average molecular weight is 283 g/mol. The highest BCUT2D eigenvalue weighted by Crippen LogP contribution is 2.29. The molecule has 2 aromatic rings. The van der Waals surface area contributed by atoms with Gasteiger partial charge in [-0.2, -0.15) is 0 Å². The molecule has 1 atom stereocenters. The van der Waals surface area contributed by atoms with E-state index in [-0.39, 0.29) is 0 Å². The zero-order valence-electron chi connectivity index (χ0n) is 11.6. The van der Waals surface area contributed by atoms with Crippen molar-refractivity contribution in [2.24, 2.45) is 0 Å². The van der Waals surface area contributed by atoms with Gasteiger partial charge in [-0.25, -0.2) is 13.2 Å². The van der Waals surface area contributed by atoms with Gasteiger partial charge in [0.2, 0.25) is 0 Å². The summed E-state index contributed by atoms with van der Waals surface area (Å²) < 4.78 is 45.3. The van der Waals surface area contributed by atoms with E-state index in [0.717, 1.165) is 17.7 Å². The Morgan fingerprint density at radius 3 is 2.15 bits per heavy atom. The lowest BCUT2D eigenvalue weighted by Crippen LogP contribution is -2.22. The second kappa shape index (κ2) is 5.71. The first-order valence-electron chi connectivity index (χ1n) is 6.38. The van der Waals surface area contributed by atoms with Gasteiger partial charge in [0, 0.05) is 5.56 Å². The third-order valence-corrected chi connectivity index (χ3v) is 3.14. The van der Waals surface area contributed by atoms with Crippen LogP contribution in [0, 0.1) is 31.3 Å². The van der Waals surface area contributed by atoms with Gasteiger partial charge in [0.1, 0.15) is 11.5 Å². The molecule has 1 unspecified atom stereocenters. The van der Waals surface area contributed by atoms with Gasteiger partial charge in [-0.05, 0) is 44.2 Å². The van der Waals surface area contributed by atoms with Crippen molar-refractivity contribution in [2.75, 3.05) is 6.54 Å². The van der Waals surface area contributed by atoms with Crippen molar-refractivity contribution < 1.29 is 17.6 Å². The van der Waals surface area contributed by atoms with E-state index in [0.29, 0.717) is 23.6 Å². The predicted molar refractivity (Wildman–Crippen MR) is 70.0 cm³/mol. The molecule has 0 spiro atoms. The van der Waals surface area contributed by atoms with Crippen molar-refractivity contribution in [1.82, 2.24) is 5.32 Å². The standard InChI is InChI=1S/C15H16F3NO/c1-4-19-15(11-5-8(2)20-9(11)3)10-6-12(16)14(18)13(17)7-10/h5-7,15,19H,4H2,1-3H3. The Hall–Kier alpha value is -1.75. The molecule has 1 heterocycles. The summed E-state index contributed by atoms with van der Waals surface area (Å²) in [5.41, 5.74) is 1.11. The smallest absolute Gasteiger partial charge is 0.194 e. The van der Waals surface area contributed by atoms with Gasteiger partial charge in [-0.1, -0.05) is 6.92 Å². The maximum atomic E-state index is 13.4. The number of hydrogen-bond donors (Lipinski definition) is 1. The molecule has 0 saturated carbocycles. The number of furan rings is 1. The van der Waals surface area contributed by atoms with Crippen LogP contribution in [0.1, 0.15) is 35.6 Å². The van der Waals surface area contributed by atoms with Crippen molar-refractivity contribution in [3.8, 4) is 0 Å². The molecule has 0 bridgehead atoms. The van der Waals surface area contributed by atoms with Crippen molar-refractivity contribution in [3.63, 3.8) is 0 Å². The zero-order valence-corrected chi connectivity index (χ0v) is 11.6. The average Bonchev–Trinajstić information content (AvgIpc) is 2.71. The number of rotatable bonds is 4. The van der Waals surface area contributed by atoms with Crippen LogP contribution in [0.4, 0.5) is 13.2 Å². The van der Waals surface area contributed by atoms with E-state index < -0.39 is 23.5 Å². The molecular formula is C15H16F3NO. The van der Waals surface area contributed by atoms with Crippen LogP contribution in [0.2, 0.25) is 0 Å². The fourth-order valence-electron chi connectivity index (χ4n) is 2.29. The van der Waals surface area contributed by atoms with Crippen molar-refractivity contribution in [1.29, 1.82) is 0 Å². The molecule has 108 valence electrons. The number of halogens is 3. The van der Waals surface area contributed by atoms with Crippen molar-refractivity contribution in [2.45, 2.75) is 26.8 Å². The first-order valence-corrected chi connectivity index (χ1v) is 6.38. The molecule has 1 N–H and O–H groups in total. The number of hydrogen-bond acceptors (Lipinski definition) is 2. The number of aryl methyl sites for hydroxylation is 2. The van der Waals surface area contributed by atoms with Gasteiger partial charge in [0.25, 0.3) is 0 Å². The third-order valence-electron chi connectivity index (χ3n) is 3.14. The first-order chi connectivity index (χ1) is 9.43. The number of benzene rings is 1. The zero-order chi connectivity index (χ0) is 14.9. The van der Waals surface area contributed by atoms with E-state index in [2.05, 4.69) is 5.32 Å². The molecule has 0 radical (unpaired) electrons. The van der Waals surface area contributed by atoms with E-state index in [9.17, 15) is 13.2 Å². The molecule has 2 nitrogen and oxygen atoms in total. The number of nitrogens with one attached hydrogen (secondary N) is 1. The highest BCUT2D eigenvalue weighted by Gasteiger charge is 2.21. The summed E-state index contributed by atoms with van der Waals surface area (Å²) in [6.07, 6.45) is 0. The maximum absolute atomic E-state index is 13.4. The van der Waals surface area contributed by atoms with Crippen LogP contribution in [0.15, 0.2) is 22.6 Å². The summed E-state index contributed by atoms with van der Waals surface area (Å²) in [6.45, 7) is 6.05. The molecule has 2 rings (SSSR count). The van der Waals surface area contributed by atoms with E-state index in [4.69, 9.17) is 4.42 Å². The van der Waals surface area contributed by atoms with Gasteiger partial charge < -0.3 is 9.73 Å². The minimum absolute atomic E-state index is 0.326. The summed E-state index contributed by atoms with van der Waals surface area (Å²) in [7, 11) is 0. The summed E-state index contributed by atoms with van der Waals surface area (Å²) >= 11 is 0. The molecule has 0 fully saturated rings. The van der Waals surface area contributed by atoms with Crippen molar-refractivity contribution in [3.05, 3.63) is 58.3 Å². The lowest BCUT2D eigenvalue weighted by molar-refractivity contribution is 0.442. The molecule has 0 aliphatic heterocycles. The van der Waals surface area contributed by atoms with Crippen LogP contribution >= 0.6 is 0 Å². The Morgan fingerprint density at radius 1 is 1.10 bits per heavy atom. The molecule has 1 aromatic heterocycles. The molecule has 1 aromatic carbocycles. The molecule has 0 saturated heterocycles. The minimum atomic E-state index is -1.45. The van der Waals surface area contributed by atoms with Crippen LogP contribution in [0.25, 0.3) is 0 Å². The topological polar surface area (TPSA) is 25.2 Å². The summed E-state index contributed by atoms with van der Waals surface area (Å²) in [5.74, 6) is -2.47. The monoisotopic (exact) mass is 283 g/mol. The quantitative estimate of drug-likeness (QED) is 0.858. The fraction of sp³-hybridized carbons (Fsp3) is 0.333. The second-order valence-electron chi connectivity index (χ2n) is 4.66. The van der Waals surface area contributed by atoms with Gasteiger partial charge in [0.05, 0.1) is 6.04 Å². The van der Waals surface area contributed by atoms with Gasteiger partial charge in [0.15, 0.2) is 17.5 Å². The summed E-state index contributed by atoms with van der Waals surface area (Å²) in [5, 5.41) is 3.13. The third kappa shape index (κ3) is 2.72. The van der Waals surface area contributed by atoms with Crippen LogP contribution in [-0.2, 0) is 0 Å². The van der Waals surface area contributed by atoms with E-state index in [1.165, 1.54) is 0 Å². The van der Waals surface area contributed by atoms with Crippen LogP contribution in [0.5, 0.6) is 0 Å². The summed E-state index contributed by atoms with van der Waals surface area (Å²) in [4.78, 5) is 0. The normalized spacial score (nSPS) is 12.7. The molecule has 20 heavy (non-hydrogen) atoms. The Bertz CT molecular complexity index is 599. The van der Waals surface area contributed by atoms with Gasteiger partial charge in [-0.15, -0.1) is 0 Å². The fourth-order valence-corrected chi connectivity index (χ4v) is 2.29. The highest BCUT2D eigenvalue weighted by molar-refractivity contribution is 5.35. The maximum Gasteiger partial charge on any atom is 0.194 e. The largest absolute Gasteiger partial charge is 0.466 e. The lowest BCUT2D eigenvalue weighted by atomic mass is 9.98. The van der Waals surface area contributed by atoms with Gasteiger partial charge >= 0.3 is 0 Å². The SMILES string of the molecule is CCNC(c1cc(F)c(F)c(F)c1)c1cc(C)oc1C. The van der Waals surface area contributed by atoms with Crippen LogP contribution < -0.4 is 5.32 Å². The molecule has 5 heteroatoms. The molecule has 0 amide bonds. The minimum Gasteiger partial charge on any atom is -0.466 e. The van der Waals surface area contributed by atoms with E-state index >= 15 is 0 Å². The van der Waals surface area contributed by atoms with Crippen LogP contribution in [0.3, 0.4) is 0 Å². The Morgan fingerprint density at radius 2 is 1.70 bits per heavy atom. The Labute approximate surface area is 115 Å². The Balaban J connectivity index is 2.51. The van der Waals surface area contributed by atoms with Crippen LogP contribution in [-0.4, -0.2) is 6.54 Å². The predicted octanol–water partition coefficient (Wildman–Crippen LogP) is 4.01. The van der Waals surface area contributed by atoms with E-state index in [1.807, 2.05) is 13.0 Å². The molecule has 0 aliphatic carbocycles. The van der Waals surface area contributed by atoms with E-state index in [1.54, 1.807) is 13.8 Å². The Kier molecular flexibility index (Phi) is 4.18. The lowest BCUT2D eigenvalue weighted by Gasteiger charge is -2.18. The second-order valence-corrected chi connectivity index (χ2v) is 4.66. The molecule has 0 aliphatic rings. The first kappa shape index (κ1) is 14.7. The highest BCUT2D eigenvalue weighted by atomic mass is 19.2.